The maximum Gasteiger partial charge on any atom is 0.210 e. The number of rotatable bonds is 3. The van der Waals surface area contributed by atoms with Crippen LogP contribution in [-0.4, -0.2) is 50.5 Å². The average molecular weight is 334 g/mol. The molecule has 0 bridgehead atoms. The Labute approximate surface area is 142 Å². The van der Waals surface area contributed by atoms with Gasteiger partial charge in [-0.2, -0.15) is 15.0 Å². The fourth-order valence-corrected chi connectivity index (χ4v) is 2.96. The highest BCUT2D eigenvalue weighted by molar-refractivity contribution is 6.54. The third-order valence-electron chi connectivity index (χ3n) is 4.09. The van der Waals surface area contributed by atoms with Gasteiger partial charge in [-0.15, -0.1) is 0 Å². The third-order valence-corrected chi connectivity index (χ3v) is 4.09. The number of carbonyl (C=O) groups excluding carboxylic acids is 2. The van der Waals surface area contributed by atoms with E-state index < -0.39 is 6.04 Å². The van der Waals surface area contributed by atoms with Crippen LogP contribution in [0.25, 0.3) is 11.0 Å². The molecular formula is C18H14N4O3. The van der Waals surface area contributed by atoms with Crippen LogP contribution in [0.2, 0.25) is 0 Å². The van der Waals surface area contributed by atoms with Crippen molar-refractivity contribution in [1.82, 2.24) is 15.0 Å². The van der Waals surface area contributed by atoms with Gasteiger partial charge in [0, 0.05) is 11.1 Å². The van der Waals surface area contributed by atoms with Crippen molar-refractivity contribution >= 4 is 28.3 Å². The fraction of sp³-hybridized carbons (Fsp3) is 0.167. The Hall–Kier alpha value is -3.19. The van der Waals surface area contributed by atoms with E-state index in [1.807, 2.05) is 12.1 Å². The van der Waals surface area contributed by atoms with Gasteiger partial charge in [0.2, 0.25) is 5.78 Å². The van der Waals surface area contributed by atoms with Crippen molar-refractivity contribution in [2.24, 2.45) is 4.99 Å². The van der Waals surface area contributed by atoms with E-state index in [-0.39, 0.29) is 30.4 Å². The normalized spacial score (nSPS) is 18.8. The zero-order chi connectivity index (χ0) is 17.4. The number of aliphatic hydroxyl groups is 1. The number of ketones is 2. The Kier molecular flexibility index (Phi) is 3.70. The summed E-state index contributed by atoms with van der Waals surface area (Å²) in [6.45, 7) is -0.179. The maximum absolute atomic E-state index is 13.0. The molecule has 0 aliphatic heterocycles. The van der Waals surface area contributed by atoms with Crippen LogP contribution in [-0.2, 0) is 0 Å². The first-order valence-electron chi connectivity index (χ1n) is 7.85. The Morgan fingerprint density at radius 2 is 1.56 bits per heavy atom. The van der Waals surface area contributed by atoms with Crippen LogP contribution in [0.3, 0.4) is 0 Å². The van der Waals surface area contributed by atoms with Gasteiger partial charge in [0.15, 0.2) is 11.8 Å². The van der Waals surface area contributed by atoms with Gasteiger partial charge in [-0.1, -0.05) is 36.4 Å². The molecule has 124 valence electrons. The smallest absolute Gasteiger partial charge is 0.210 e. The summed E-state index contributed by atoms with van der Waals surface area (Å²) < 4.78 is 0. The van der Waals surface area contributed by atoms with Gasteiger partial charge in [-0.25, -0.2) is 0 Å². The molecular weight excluding hydrogens is 320 g/mol. The summed E-state index contributed by atoms with van der Waals surface area (Å²) in [5.41, 5.74) is 1.96. The number of hydrogen-bond acceptors (Lipinski definition) is 6. The van der Waals surface area contributed by atoms with E-state index in [2.05, 4.69) is 15.2 Å². The Morgan fingerprint density at radius 1 is 0.960 bits per heavy atom. The molecule has 0 spiro atoms. The minimum absolute atomic E-state index is 0.0355. The van der Waals surface area contributed by atoms with E-state index in [9.17, 15) is 9.59 Å². The van der Waals surface area contributed by atoms with Crippen molar-refractivity contribution < 1.29 is 14.7 Å². The van der Waals surface area contributed by atoms with Crippen LogP contribution in [0.4, 0.5) is 0 Å². The first-order valence-corrected chi connectivity index (χ1v) is 7.85. The molecule has 2 aromatic carbocycles. The number of aliphatic imine (C=N–C) groups is 1. The van der Waals surface area contributed by atoms with Crippen LogP contribution in [0, 0.1) is 0 Å². The summed E-state index contributed by atoms with van der Waals surface area (Å²) in [5.74, 6) is -0.623. The second-order valence-electron chi connectivity index (χ2n) is 5.64. The molecule has 1 heterocycles. The molecule has 0 saturated heterocycles. The summed E-state index contributed by atoms with van der Waals surface area (Å²) in [4.78, 5) is 31.3. The summed E-state index contributed by atoms with van der Waals surface area (Å²) in [6.07, 6.45) is 0. The fourth-order valence-electron chi connectivity index (χ4n) is 2.96. The second-order valence-corrected chi connectivity index (χ2v) is 5.64. The van der Waals surface area contributed by atoms with E-state index >= 15 is 0 Å². The highest BCUT2D eigenvalue weighted by Gasteiger charge is 2.40. The molecule has 1 unspecified atom stereocenters. The lowest BCUT2D eigenvalue weighted by Gasteiger charge is -2.23. The van der Waals surface area contributed by atoms with Crippen molar-refractivity contribution in [2.45, 2.75) is 6.04 Å². The van der Waals surface area contributed by atoms with Crippen molar-refractivity contribution in [3.05, 3.63) is 59.7 Å². The minimum atomic E-state index is -1.03. The molecule has 7 nitrogen and oxygen atoms in total. The standard InChI is InChI=1S/C18H14N4O3/c23-10-9-19-15-16(22-20-13-7-3-4-8-14(13)21-22)18(25)12-6-2-1-5-11(12)17(15)24/h1-8,16,23H,9-10H2. The molecule has 7 heteroatoms. The molecule has 25 heavy (non-hydrogen) atoms. The molecule has 1 aliphatic rings. The molecule has 1 aromatic heterocycles. The molecule has 0 saturated carbocycles. The number of fused-ring (bicyclic) bond motifs is 2. The highest BCUT2D eigenvalue weighted by atomic mass is 16.3. The third kappa shape index (κ3) is 2.45. The van der Waals surface area contributed by atoms with Gasteiger partial charge in [0.1, 0.15) is 16.7 Å². The second kappa shape index (κ2) is 6.03. The molecule has 4 rings (SSSR count). The minimum Gasteiger partial charge on any atom is -0.394 e. The summed E-state index contributed by atoms with van der Waals surface area (Å²) >= 11 is 0. The average Bonchev–Trinajstić information content (AvgIpc) is 3.07. The van der Waals surface area contributed by atoms with Gasteiger partial charge in [0.05, 0.1) is 13.2 Å². The van der Waals surface area contributed by atoms with E-state index in [4.69, 9.17) is 5.11 Å². The van der Waals surface area contributed by atoms with Gasteiger partial charge in [-0.05, 0) is 12.1 Å². The van der Waals surface area contributed by atoms with Crippen LogP contribution in [0.5, 0.6) is 0 Å². The van der Waals surface area contributed by atoms with Crippen molar-refractivity contribution in [1.29, 1.82) is 0 Å². The number of hydrogen-bond donors (Lipinski definition) is 1. The Bertz CT molecular complexity index is 989. The molecule has 0 radical (unpaired) electrons. The lowest BCUT2D eigenvalue weighted by molar-refractivity contribution is 0.0912. The monoisotopic (exact) mass is 334 g/mol. The predicted molar refractivity (Wildman–Crippen MR) is 91.1 cm³/mol. The number of Topliss-reactive ketones (excluding diaryl/α,β-unsaturated/α-hetero) is 2. The van der Waals surface area contributed by atoms with E-state index in [1.165, 1.54) is 4.80 Å². The van der Waals surface area contributed by atoms with Crippen LogP contribution >= 0.6 is 0 Å². The lowest BCUT2D eigenvalue weighted by Crippen LogP contribution is -2.40. The van der Waals surface area contributed by atoms with Gasteiger partial charge < -0.3 is 5.11 Å². The van der Waals surface area contributed by atoms with Gasteiger partial charge in [-0.3, -0.25) is 14.6 Å². The zero-order valence-corrected chi connectivity index (χ0v) is 13.2. The van der Waals surface area contributed by atoms with E-state index in [0.717, 1.165) is 0 Å². The Balaban J connectivity index is 1.91. The molecule has 1 aliphatic carbocycles. The van der Waals surface area contributed by atoms with Crippen molar-refractivity contribution in [2.75, 3.05) is 13.2 Å². The van der Waals surface area contributed by atoms with Crippen molar-refractivity contribution in [3.8, 4) is 0 Å². The number of carbonyl (C=O) groups is 2. The SMILES string of the molecule is O=C1C(=NCCO)C(n2nc3ccccc3n2)C(=O)c2ccccc21. The number of aliphatic hydroxyl groups excluding tert-OH is 1. The molecule has 0 amide bonds. The zero-order valence-electron chi connectivity index (χ0n) is 13.2. The van der Waals surface area contributed by atoms with Crippen LogP contribution in [0.1, 0.15) is 26.8 Å². The largest absolute Gasteiger partial charge is 0.394 e. The summed E-state index contributed by atoms with van der Waals surface area (Å²) in [6, 6.07) is 12.8. The van der Waals surface area contributed by atoms with Crippen LogP contribution in [0.15, 0.2) is 53.5 Å². The van der Waals surface area contributed by atoms with Crippen LogP contribution < -0.4 is 0 Å². The number of aromatic nitrogens is 3. The highest BCUT2D eigenvalue weighted by Crippen LogP contribution is 2.27. The predicted octanol–water partition coefficient (Wildman–Crippen LogP) is 1.48. The quantitative estimate of drug-likeness (QED) is 0.782. The van der Waals surface area contributed by atoms with E-state index in [0.29, 0.717) is 22.2 Å². The van der Waals surface area contributed by atoms with Gasteiger partial charge >= 0.3 is 0 Å². The number of nitrogens with zero attached hydrogens (tertiary/aromatic N) is 4. The molecule has 3 aromatic rings. The Morgan fingerprint density at radius 3 is 2.20 bits per heavy atom. The first-order chi connectivity index (χ1) is 12.2. The van der Waals surface area contributed by atoms with E-state index in [1.54, 1.807) is 36.4 Å². The van der Waals surface area contributed by atoms with Crippen molar-refractivity contribution in [3.63, 3.8) is 0 Å². The molecule has 0 fully saturated rings. The molecule has 1 atom stereocenters. The molecule has 1 N–H and O–H groups in total. The topological polar surface area (TPSA) is 97.4 Å². The maximum atomic E-state index is 13.0. The first kappa shape index (κ1) is 15.3. The van der Waals surface area contributed by atoms with Gasteiger partial charge in [0.25, 0.3) is 0 Å². The summed E-state index contributed by atoms with van der Waals surface area (Å²) in [7, 11) is 0. The number of benzene rings is 2. The lowest BCUT2D eigenvalue weighted by atomic mass is 9.85. The summed E-state index contributed by atoms with van der Waals surface area (Å²) in [5, 5.41) is 17.8.